The van der Waals surface area contributed by atoms with Crippen LogP contribution < -0.4 is 10.6 Å². The third kappa shape index (κ3) is 3.69. The molecule has 0 spiro atoms. The van der Waals surface area contributed by atoms with Crippen LogP contribution in [-0.2, 0) is 6.54 Å². The van der Waals surface area contributed by atoms with Gasteiger partial charge in [0.15, 0.2) is 0 Å². The summed E-state index contributed by atoms with van der Waals surface area (Å²) in [7, 11) is 2.03. The van der Waals surface area contributed by atoms with E-state index in [0.29, 0.717) is 0 Å². The Kier molecular flexibility index (Phi) is 4.40. The zero-order valence-corrected chi connectivity index (χ0v) is 11.9. The number of benzene rings is 1. The molecule has 0 amide bonds. The zero-order valence-electron chi connectivity index (χ0n) is 11.2. The van der Waals surface area contributed by atoms with Crippen LogP contribution >= 0.6 is 11.6 Å². The molecule has 0 saturated carbocycles. The molecule has 1 aromatic carbocycles. The number of nitrogens with zero attached hydrogens (tertiary/aromatic N) is 2. The first-order valence-corrected chi connectivity index (χ1v) is 6.61. The molecule has 2 rings (SSSR count). The number of halogens is 1. The third-order valence-corrected chi connectivity index (χ3v) is 3.22. The van der Waals surface area contributed by atoms with E-state index in [9.17, 15) is 0 Å². The SMILES string of the molecule is CC(N)c1ccc(N(C)Cc2cccc(Cl)c2)cn1. The Labute approximate surface area is 119 Å². The van der Waals surface area contributed by atoms with Crippen molar-refractivity contribution in [2.24, 2.45) is 5.73 Å². The van der Waals surface area contributed by atoms with Crippen LogP contribution in [0.1, 0.15) is 24.2 Å². The number of pyridine rings is 1. The Morgan fingerprint density at radius 3 is 2.68 bits per heavy atom. The molecule has 1 unspecified atom stereocenters. The fourth-order valence-electron chi connectivity index (χ4n) is 1.89. The molecule has 2 aromatic rings. The van der Waals surface area contributed by atoms with Crippen LogP contribution in [0.15, 0.2) is 42.6 Å². The van der Waals surface area contributed by atoms with Gasteiger partial charge in [0, 0.05) is 24.7 Å². The topological polar surface area (TPSA) is 42.1 Å². The van der Waals surface area contributed by atoms with Crippen molar-refractivity contribution in [2.75, 3.05) is 11.9 Å². The summed E-state index contributed by atoms with van der Waals surface area (Å²) in [6.45, 7) is 2.72. The number of anilines is 1. The molecular formula is C15H18ClN3. The summed E-state index contributed by atoms with van der Waals surface area (Å²) >= 11 is 5.99. The van der Waals surface area contributed by atoms with Crippen molar-refractivity contribution in [2.45, 2.75) is 19.5 Å². The lowest BCUT2D eigenvalue weighted by atomic mass is 10.2. The predicted octanol–water partition coefficient (Wildman–Crippen LogP) is 3.39. The Balaban J connectivity index is 2.09. The van der Waals surface area contributed by atoms with Crippen molar-refractivity contribution in [1.29, 1.82) is 0 Å². The quantitative estimate of drug-likeness (QED) is 0.930. The molecule has 0 aliphatic rings. The van der Waals surface area contributed by atoms with Crippen molar-refractivity contribution >= 4 is 17.3 Å². The van der Waals surface area contributed by atoms with Gasteiger partial charge in [0.1, 0.15) is 0 Å². The molecule has 0 fully saturated rings. The highest BCUT2D eigenvalue weighted by molar-refractivity contribution is 6.30. The molecule has 2 N–H and O–H groups in total. The van der Waals surface area contributed by atoms with Gasteiger partial charge in [-0.05, 0) is 36.8 Å². The van der Waals surface area contributed by atoms with Crippen LogP contribution in [0.4, 0.5) is 5.69 Å². The van der Waals surface area contributed by atoms with E-state index >= 15 is 0 Å². The first-order chi connectivity index (χ1) is 9.06. The van der Waals surface area contributed by atoms with E-state index in [-0.39, 0.29) is 6.04 Å². The molecular weight excluding hydrogens is 258 g/mol. The average Bonchev–Trinajstić information content (AvgIpc) is 2.39. The van der Waals surface area contributed by atoms with Crippen molar-refractivity contribution in [1.82, 2.24) is 4.98 Å². The normalized spacial score (nSPS) is 12.2. The third-order valence-electron chi connectivity index (χ3n) is 2.99. The zero-order chi connectivity index (χ0) is 13.8. The molecule has 0 saturated heterocycles. The van der Waals surface area contributed by atoms with E-state index < -0.39 is 0 Å². The Morgan fingerprint density at radius 1 is 1.32 bits per heavy atom. The number of rotatable bonds is 4. The molecule has 1 atom stereocenters. The fourth-order valence-corrected chi connectivity index (χ4v) is 2.11. The van der Waals surface area contributed by atoms with Crippen LogP contribution in [0.25, 0.3) is 0 Å². The summed E-state index contributed by atoms with van der Waals surface area (Å²) in [5.41, 5.74) is 8.92. The lowest BCUT2D eigenvalue weighted by Crippen LogP contribution is -2.17. The minimum Gasteiger partial charge on any atom is -0.369 e. The predicted molar refractivity (Wildman–Crippen MR) is 80.4 cm³/mol. The van der Waals surface area contributed by atoms with Crippen molar-refractivity contribution in [3.05, 3.63) is 58.9 Å². The second-order valence-electron chi connectivity index (χ2n) is 4.72. The van der Waals surface area contributed by atoms with E-state index in [4.69, 9.17) is 17.3 Å². The molecule has 0 aliphatic heterocycles. The smallest absolute Gasteiger partial charge is 0.0569 e. The molecule has 100 valence electrons. The van der Waals surface area contributed by atoms with Crippen LogP contribution in [0.5, 0.6) is 0 Å². The van der Waals surface area contributed by atoms with Gasteiger partial charge in [-0.2, -0.15) is 0 Å². The minimum absolute atomic E-state index is 0.0349. The van der Waals surface area contributed by atoms with Gasteiger partial charge >= 0.3 is 0 Å². The lowest BCUT2D eigenvalue weighted by molar-refractivity contribution is 0.779. The maximum Gasteiger partial charge on any atom is 0.0569 e. The van der Waals surface area contributed by atoms with E-state index in [1.54, 1.807) is 0 Å². The number of aromatic nitrogens is 1. The lowest BCUT2D eigenvalue weighted by Gasteiger charge is -2.19. The van der Waals surface area contributed by atoms with Crippen LogP contribution in [0.3, 0.4) is 0 Å². The van der Waals surface area contributed by atoms with Gasteiger partial charge in [-0.15, -0.1) is 0 Å². The summed E-state index contributed by atoms with van der Waals surface area (Å²) in [5.74, 6) is 0. The van der Waals surface area contributed by atoms with Crippen molar-refractivity contribution < 1.29 is 0 Å². The summed E-state index contributed by atoms with van der Waals surface area (Å²) in [4.78, 5) is 6.49. The van der Waals surface area contributed by atoms with E-state index in [2.05, 4.69) is 16.0 Å². The Bertz CT molecular complexity index is 537. The van der Waals surface area contributed by atoms with Gasteiger partial charge in [0.05, 0.1) is 17.6 Å². The van der Waals surface area contributed by atoms with Gasteiger partial charge in [0.2, 0.25) is 0 Å². The Morgan fingerprint density at radius 2 is 2.11 bits per heavy atom. The van der Waals surface area contributed by atoms with Gasteiger partial charge in [-0.3, -0.25) is 4.98 Å². The number of hydrogen-bond acceptors (Lipinski definition) is 3. The van der Waals surface area contributed by atoms with E-state index in [0.717, 1.165) is 22.9 Å². The number of hydrogen-bond donors (Lipinski definition) is 1. The molecule has 4 heteroatoms. The summed E-state index contributed by atoms with van der Waals surface area (Å²) in [5, 5.41) is 0.760. The maximum atomic E-state index is 5.99. The molecule has 0 radical (unpaired) electrons. The molecule has 0 bridgehead atoms. The summed E-state index contributed by atoms with van der Waals surface area (Å²) in [6.07, 6.45) is 1.85. The minimum atomic E-state index is -0.0349. The van der Waals surface area contributed by atoms with E-state index in [1.165, 1.54) is 5.56 Å². The van der Waals surface area contributed by atoms with Gasteiger partial charge in [-0.25, -0.2) is 0 Å². The van der Waals surface area contributed by atoms with Gasteiger partial charge in [-0.1, -0.05) is 23.7 Å². The van der Waals surface area contributed by atoms with Crippen molar-refractivity contribution in [3.8, 4) is 0 Å². The maximum absolute atomic E-state index is 5.99. The molecule has 0 aliphatic carbocycles. The van der Waals surface area contributed by atoms with Crippen LogP contribution in [0.2, 0.25) is 5.02 Å². The first kappa shape index (κ1) is 13.8. The average molecular weight is 276 g/mol. The largest absolute Gasteiger partial charge is 0.369 e. The van der Waals surface area contributed by atoms with Crippen LogP contribution in [-0.4, -0.2) is 12.0 Å². The fraction of sp³-hybridized carbons (Fsp3) is 0.267. The van der Waals surface area contributed by atoms with Crippen molar-refractivity contribution in [3.63, 3.8) is 0 Å². The standard InChI is InChI=1S/C15H18ClN3/c1-11(17)15-7-6-14(9-18-15)19(2)10-12-4-3-5-13(16)8-12/h3-9,11H,10,17H2,1-2H3. The molecule has 1 heterocycles. The van der Waals surface area contributed by atoms with Gasteiger partial charge < -0.3 is 10.6 Å². The second kappa shape index (κ2) is 6.04. The summed E-state index contributed by atoms with van der Waals surface area (Å²) in [6, 6.07) is 11.8. The monoisotopic (exact) mass is 275 g/mol. The first-order valence-electron chi connectivity index (χ1n) is 6.23. The highest BCUT2D eigenvalue weighted by Crippen LogP contribution is 2.18. The highest BCUT2D eigenvalue weighted by atomic mass is 35.5. The molecule has 1 aromatic heterocycles. The second-order valence-corrected chi connectivity index (χ2v) is 5.15. The van der Waals surface area contributed by atoms with Gasteiger partial charge in [0.25, 0.3) is 0 Å². The van der Waals surface area contributed by atoms with E-state index in [1.807, 2.05) is 50.5 Å². The Hall–Kier alpha value is -1.58. The highest BCUT2D eigenvalue weighted by Gasteiger charge is 2.05. The van der Waals surface area contributed by atoms with Crippen LogP contribution in [0, 0.1) is 0 Å². The molecule has 3 nitrogen and oxygen atoms in total. The number of nitrogens with two attached hydrogens (primary N) is 1. The summed E-state index contributed by atoms with van der Waals surface area (Å²) < 4.78 is 0. The molecule has 19 heavy (non-hydrogen) atoms.